The molecule has 1 aromatic carbocycles. The molecule has 1 unspecified atom stereocenters. The van der Waals surface area contributed by atoms with Gasteiger partial charge in [0.1, 0.15) is 5.75 Å². The number of para-hydroxylation sites is 1. The van der Waals surface area contributed by atoms with E-state index in [4.69, 9.17) is 9.47 Å². The van der Waals surface area contributed by atoms with Gasteiger partial charge in [-0.05, 0) is 25.0 Å². The molecule has 150 valence electrons. The van der Waals surface area contributed by atoms with Crippen LogP contribution in [0, 0.1) is 5.92 Å². The Balaban J connectivity index is 2.85. The van der Waals surface area contributed by atoms with Gasteiger partial charge in [0.05, 0.1) is 19.6 Å². The lowest BCUT2D eigenvalue weighted by molar-refractivity contribution is -0.146. The maximum absolute atomic E-state index is 12.7. The molecule has 0 N–H and O–H groups in total. The average molecular weight is 376 g/mol. The highest BCUT2D eigenvalue weighted by molar-refractivity contribution is 5.92. The van der Waals surface area contributed by atoms with Gasteiger partial charge in [-0.1, -0.05) is 51.8 Å². The van der Waals surface area contributed by atoms with Crippen LogP contribution in [0.1, 0.15) is 52.0 Å². The zero-order chi connectivity index (χ0) is 20.1. The van der Waals surface area contributed by atoms with Crippen LogP contribution in [0.3, 0.4) is 0 Å². The van der Waals surface area contributed by atoms with E-state index in [2.05, 4.69) is 13.8 Å². The van der Waals surface area contributed by atoms with Crippen LogP contribution < -0.4 is 4.74 Å². The molecular weight excluding hydrogens is 342 g/mol. The summed E-state index contributed by atoms with van der Waals surface area (Å²) in [7, 11) is 1.37. The van der Waals surface area contributed by atoms with Crippen LogP contribution in [0.2, 0.25) is 0 Å². The minimum Gasteiger partial charge on any atom is -0.493 e. The number of hydrogen-bond acceptors (Lipinski definition) is 4. The second-order valence-electron chi connectivity index (χ2n) is 6.64. The van der Waals surface area contributed by atoms with Crippen LogP contribution in [0.4, 0.5) is 0 Å². The molecule has 0 bridgehead atoms. The molecule has 1 atom stereocenters. The van der Waals surface area contributed by atoms with Gasteiger partial charge in [-0.15, -0.1) is 0 Å². The third-order valence-electron chi connectivity index (χ3n) is 4.23. The van der Waals surface area contributed by atoms with E-state index < -0.39 is 0 Å². The van der Waals surface area contributed by atoms with Gasteiger partial charge in [-0.2, -0.15) is 0 Å². The maximum Gasteiger partial charge on any atom is 0.310 e. The number of esters is 1. The molecule has 5 nitrogen and oxygen atoms in total. The van der Waals surface area contributed by atoms with Crippen LogP contribution in [-0.4, -0.2) is 43.6 Å². The second kappa shape index (κ2) is 13.0. The Kier molecular flexibility index (Phi) is 10.9. The summed E-state index contributed by atoms with van der Waals surface area (Å²) in [5, 5.41) is 0. The number of benzene rings is 1. The lowest BCUT2D eigenvalue weighted by Gasteiger charge is -2.24. The molecule has 5 heteroatoms. The summed E-state index contributed by atoms with van der Waals surface area (Å²) in [6.07, 6.45) is 7.31. The van der Waals surface area contributed by atoms with Crippen LogP contribution in [0.5, 0.6) is 5.75 Å². The molecule has 0 fully saturated rings. The van der Waals surface area contributed by atoms with E-state index in [-0.39, 0.29) is 17.8 Å². The first kappa shape index (κ1) is 22.7. The third-order valence-corrected chi connectivity index (χ3v) is 4.23. The van der Waals surface area contributed by atoms with Crippen molar-refractivity contribution in [3.05, 3.63) is 35.9 Å². The van der Waals surface area contributed by atoms with Gasteiger partial charge in [-0.3, -0.25) is 9.59 Å². The standard InChI is InChI=1S/C22H33NO4/c1-5-7-10-15-23(17-18(3)22(25)26-4)21(24)14-13-19-11-8-9-12-20(19)27-16-6-2/h8-9,11-14,18H,5-7,10,15-17H2,1-4H3/b14-13+. The number of carbonyl (C=O) groups excluding carboxylic acids is 2. The van der Waals surface area contributed by atoms with Gasteiger partial charge in [0.25, 0.3) is 0 Å². The first-order valence-corrected chi connectivity index (χ1v) is 9.80. The quantitative estimate of drug-likeness (QED) is 0.310. The molecule has 0 aromatic heterocycles. The van der Waals surface area contributed by atoms with Crippen LogP contribution >= 0.6 is 0 Å². The van der Waals surface area contributed by atoms with Crippen molar-refractivity contribution >= 4 is 18.0 Å². The van der Waals surface area contributed by atoms with Crippen molar-refractivity contribution in [2.24, 2.45) is 5.92 Å². The van der Waals surface area contributed by atoms with Gasteiger partial charge < -0.3 is 14.4 Å². The minimum atomic E-state index is -0.353. The lowest BCUT2D eigenvalue weighted by atomic mass is 10.1. The van der Waals surface area contributed by atoms with Gasteiger partial charge in [0.15, 0.2) is 0 Å². The van der Waals surface area contributed by atoms with Gasteiger partial charge in [0, 0.05) is 24.7 Å². The number of nitrogens with zero attached hydrogens (tertiary/aromatic N) is 1. The van der Waals surface area contributed by atoms with Crippen molar-refractivity contribution < 1.29 is 19.1 Å². The molecule has 0 spiro atoms. The number of hydrogen-bond donors (Lipinski definition) is 0. The van der Waals surface area contributed by atoms with Gasteiger partial charge in [0.2, 0.25) is 5.91 Å². The minimum absolute atomic E-state index is 0.104. The monoisotopic (exact) mass is 375 g/mol. The van der Waals surface area contributed by atoms with Crippen molar-refractivity contribution in [2.75, 3.05) is 26.8 Å². The number of rotatable bonds is 12. The largest absolute Gasteiger partial charge is 0.493 e. The van der Waals surface area contributed by atoms with E-state index in [9.17, 15) is 9.59 Å². The summed E-state index contributed by atoms with van der Waals surface area (Å²) in [6.45, 7) is 7.58. The summed E-state index contributed by atoms with van der Waals surface area (Å²) in [5.74, 6) is 0.00995. The first-order chi connectivity index (χ1) is 13.0. The van der Waals surface area contributed by atoms with Crippen molar-refractivity contribution in [1.82, 2.24) is 4.90 Å². The van der Waals surface area contributed by atoms with Crippen molar-refractivity contribution in [3.8, 4) is 5.75 Å². The molecule has 1 aromatic rings. The Morgan fingerprint density at radius 2 is 1.89 bits per heavy atom. The molecule has 0 saturated heterocycles. The maximum atomic E-state index is 12.7. The molecule has 1 amide bonds. The third kappa shape index (κ3) is 8.29. The number of carbonyl (C=O) groups is 2. The van der Waals surface area contributed by atoms with Crippen LogP contribution in [0.25, 0.3) is 6.08 Å². The fourth-order valence-electron chi connectivity index (χ4n) is 2.68. The molecule has 27 heavy (non-hydrogen) atoms. The second-order valence-corrected chi connectivity index (χ2v) is 6.64. The molecular formula is C22H33NO4. The first-order valence-electron chi connectivity index (χ1n) is 9.80. The number of ether oxygens (including phenoxy) is 2. The topological polar surface area (TPSA) is 55.8 Å². The molecule has 0 saturated carbocycles. The predicted molar refractivity (Wildman–Crippen MR) is 109 cm³/mol. The van der Waals surface area contributed by atoms with Crippen LogP contribution in [0.15, 0.2) is 30.3 Å². The predicted octanol–water partition coefficient (Wildman–Crippen LogP) is 4.32. The fourth-order valence-corrected chi connectivity index (χ4v) is 2.68. The summed E-state index contributed by atoms with van der Waals surface area (Å²) in [6, 6.07) is 7.66. The highest BCUT2D eigenvalue weighted by Crippen LogP contribution is 2.20. The van der Waals surface area contributed by atoms with Crippen molar-refractivity contribution in [3.63, 3.8) is 0 Å². The number of methoxy groups -OCH3 is 1. The zero-order valence-corrected chi connectivity index (χ0v) is 17.1. The highest BCUT2D eigenvalue weighted by Gasteiger charge is 2.20. The Labute approximate surface area is 163 Å². The van der Waals surface area contributed by atoms with E-state index in [1.54, 1.807) is 24.0 Å². The Morgan fingerprint density at radius 3 is 2.56 bits per heavy atom. The highest BCUT2D eigenvalue weighted by atomic mass is 16.5. The number of unbranched alkanes of at least 4 members (excludes halogenated alkanes) is 2. The van der Waals surface area contributed by atoms with Gasteiger partial charge in [-0.25, -0.2) is 0 Å². The van der Waals surface area contributed by atoms with E-state index in [0.717, 1.165) is 37.0 Å². The fraction of sp³-hybridized carbons (Fsp3) is 0.545. The molecule has 0 aliphatic heterocycles. The smallest absolute Gasteiger partial charge is 0.310 e. The van der Waals surface area contributed by atoms with E-state index in [1.807, 2.05) is 24.3 Å². The summed E-state index contributed by atoms with van der Waals surface area (Å²) >= 11 is 0. The average Bonchev–Trinajstić information content (AvgIpc) is 2.69. The van der Waals surface area contributed by atoms with Crippen molar-refractivity contribution in [2.45, 2.75) is 46.5 Å². The Bertz CT molecular complexity index is 612. The van der Waals surface area contributed by atoms with E-state index in [0.29, 0.717) is 19.7 Å². The number of amides is 1. The van der Waals surface area contributed by atoms with E-state index >= 15 is 0 Å². The summed E-state index contributed by atoms with van der Waals surface area (Å²) < 4.78 is 10.5. The normalized spacial score (nSPS) is 12.0. The zero-order valence-electron chi connectivity index (χ0n) is 17.1. The molecule has 1 rings (SSSR count). The molecule has 0 heterocycles. The van der Waals surface area contributed by atoms with Crippen molar-refractivity contribution in [1.29, 1.82) is 0 Å². The molecule has 0 aliphatic rings. The SMILES string of the molecule is CCCCCN(CC(C)C(=O)OC)C(=O)/C=C/c1ccccc1OCCC. The van der Waals surface area contributed by atoms with Crippen LogP contribution in [-0.2, 0) is 14.3 Å². The summed E-state index contributed by atoms with van der Waals surface area (Å²) in [4.78, 5) is 26.2. The lowest BCUT2D eigenvalue weighted by Crippen LogP contribution is -2.37. The van der Waals surface area contributed by atoms with E-state index in [1.165, 1.54) is 7.11 Å². The Morgan fingerprint density at radius 1 is 1.15 bits per heavy atom. The molecule has 0 radical (unpaired) electrons. The summed E-state index contributed by atoms with van der Waals surface area (Å²) in [5.41, 5.74) is 0.869. The molecule has 0 aliphatic carbocycles. The Hall–Kier alpha value is -2.30. The van der Waals surface area contributed by atoms with Gasteiger partial charge >= 0.3 is 5.97 Å².